The number of carbonyl (C=O) groups excluding carboxylic acids is 1. The molecule has 0 radical (unpaired) electrons. The van der Waals surface area contributed by atoms with E-state index in [2.05, 4.69) is 18.8 Å². The second kappa shape index (κ2) is 7.77. The van der Waals surface area contributed by atoms with Crippen LogP contribution in [0.15, 0.2) is 12.2 Å². The molecule has 1 saturated carbocycles. The molecule has 0 aromatic rings. The van der Waals surface area contributed by atoms with Crippen LogP contribution >= 0.6 is 11.8 Å². The highest BCUT2D eigenvalue weighted by atomic mass is 32.2. The number of ether oxygens (including phenoxy) is 1. The molecular weight excluding hydrogens is 234 g/mol. The highest BCUT2D eigenvalue weighted by Gasteiger charge is 2.26. The Hall–Kier alpha value is -0.480. The molecule has 0 aromatic heterocycles. The predicted molar refractivity (Wildman–Crippen MR) is 73.3 cm³/mol. The zero-order valence-electron chi connectivity index (χ0n) is 10.8. The molecule has 0 spiro atoms. The summed E-state index contributed by atoms with van der Waals surface area (Å²) in [5, 5.41) is 4.12. The number of carbonyl (C=O) groups is 1. The zero-order valence-corrected chi connectivity index (χ0v) is 11.6. The summed E-state index contributed by atoms with van der Waals surface area (Å²) < 4.78 is 4.91. The van der Waals surface area contributed by atoms with Gasteiger partial charge in [-0.2, -0.15) is 11.8 Å². The van der Waals surface area contributed by atoms with Crippen molar-refractivity contribution in [3.8, 4) is 0 Å². The molecule has 1 aliphatic carbocycles. The van der Waals surface area contributed by atoms with Crippen molar-refractivity contribution in [2.75, 3.05) is 18.9 Å². The maximum absolute atomic E-state index is 11.4. The van der Waals surface area contributed by atoms with Crippen molar-refractivity contribution in [3.05, 3.63) is 12.2 Å². The van der Waals surface area contributed by atoms with Gasteiger partial charge in [0.1, 0.15) is 0 Å². The van der Waals surface area contributed by atoms with E-state index in [0.29, 0.717) is 30.0 Å². The molecule has 1 rings (SSSR count). The minimum atomic E-state index is -0.280. The van der Waals surface area contributed by atoms with E-state index in [1.807, 2.05) is 18.7 Å². The van der Waals surface area contributed by atoms with Crippen LogP contribution in [0.5, 0.6) is 0 Å². The van der Waals surface area contributed by atoms with Gasteiger partial charge in [0.2, 0.25) is 0 Å². The van der Waals surface area contributed by atoms with Crippen molar-refractivity contribution in [2.24, 2.45) is 0 Å². The number of hydrogen-bond acceptors (Lipinski definition) is 4. The van der Waals surface area contributed by atoms with Crippen LogP contribution in [-0.4, -0.2) is 36.2 Å². The first-order valence-electron chi connectivity index (χ1n) is 6.38. The first-order chi connectivity index (χ1) is 8.19. The minimum Gasteiger partial charge on any atom is -0.463 e. The molecule has 1 N–H and O–H groups in total. The van der Waals surface area contributed by atoms with Gasteiger partial charge in [0, 0.05) is 23.4 Å². The Morgan fingerprint density at radius 1 is 1.47 bits per heavy atom. The summed E-state index contributed by atoms with van der Waals surface area (Å²) >= 11 is 2.01. The van der Waals surface area contributed by atoms with Crippen LogP contribution in [0.4, 0.5) is 0 Å². The Labute approximate surface area is 108 Å². The third-order valence-corrected chi connectivity index (χ3v) is 4.30. The normalized spacial score (nSPS) is 23.6. The second-order valence-corrected chi connectivity index (χ2v) is 5.75. The fourth-order valence-corrected chi connectivity index (χ4v) is 3.36. The van der Waals surface area contributed by atoms with Crippen LogP contribution in [0.2, 0.25) is 0 Å². The van der Waals surface area contributed by atoms with E-state index in [4.69, 9.17) is 4.74 Å². The topological polar surface area (TPSA) is 38.3 Å². The van der Waals surface area contributed by atoms with E-state index in [1.165, 1.54) is 19.3 Å². The van der Waals surface area contributed by atoms with E-state index >= 15 is 0 Å². The van der Waals surface area contributed by atoms with E-state index in [9.17, 15) is 4.79 Å². The molecule has 4 heteroatoms. The van der Waals surface area contributed by atoms with E-state index in [1.54, 1.807) is 0 Å². The van der Waals surface area contributed by atoms with Crippen molar-refractivity contribution in [2.45, 2.75) is 44.4 Å². The molecule has 2 atom stereocenters. The third kappa shape index (κ3) is 4.72. The summed E-state index contributed by atoms with van der Waals surface area (Å²) in [7, 11) is 0. The largest absolute Gasteiger partial charge is 0.463 e. The maximum Gasteiger partial charge on any atom is 0.334 e. The lowest BCUT2D eigenvalue weighted by atomic mass is 10.2. The molecule has 0 amide bonds. The van der Waals surface area contributed by atoms with Gasteiger partial charge >= 0.3 is 5.97 Å². The Kier molecular flexibility index (Phi) is 6.66. The first-order valence-corrected chi connectivity index (χ1v) is 7.43. The summed E-state index contributed by atoms with van der Waals surface area (Å²) in [5.41, 5.74) is 0.527. The molecule has 98 valence electrons. The van der Waals surface area contributed by atoms with Crippen molar-refractivity contribution in [1.29, 1.82) is 0 Å². The quantitative estimate of drug-likeness (QED) is 0.561. The molecule has 0 aliphatic heterocycles. The predicted octanol–water partition coefficient (Wildman–Crippen LogP) is 2.37. The highest BCUT2D eigenvalue weighted by Crippen LogP contribution is 2.29. The van der Waals surface area contributed by atoms with Crippen LogP contribution in [0.1, 0.15) is 33.1 Å². The van der Waals surface area contributed by atoms with Gasteiger partial charge in [-0.3, -0.25) is 0 Å². The highest BCUT2D eigenvalue weighted by molar-refractivity contribution is 7.99. The molecule has 0 saturated heterocycles. The van der Waals surface area contributed by atoms with Gasteiger partial charge in [-0.15, -0.1) is 0 Å². The fraction of sp³-hybridized carbons (Fsp3) is 0.769. The first kappa shape index (κ1) is 14.6. The van der Waals surface area contributed by atoms with Gasteiger partial charge in [-0.25, -0.2) is 4.79 Å². The Bertz CT molecular complexity index is 268. The molecule has 0 heterocycles. The average Bonchev–Trinajstić information content (AvgIpc) is 2.74. The lowest BCUT2D eigenvalue weighted by Crippen LogP contribution is -2.36. The van der Waals surface area contributed by atoms with Crippen LogP contribution in [0, 0.1) is 0 Å². The molecule has 0 bridgehead atoms. The molecule has 1 aliphatic rings. The SMILES string of the molecule is C=C(CNC1CCCC1SCC)C(=O)OCC. The third-order valence-electron chi connectivity index (χ3n) is 2.98. The number of nitrogens with one attached hydrogen (secondary N) is 1. The van der Waals surface area contributed by atoms with Gasteiger partial charge in [-0.1, -0.05) is 19.9 Å². The Balaban J connectivity index is 2.29. The molecule has 17 heavy (non-hydrogen) atoms. The Morgan fingerprint density at radius 2 is 2.24 bits per heavy atom. The number of rotatable bonds is 7. The summed E-state index contributed by atoms with van der Waals surface area (Å²) in [5.74, 6) is 0.875. The summed E-state index contributed by atoms with van der Waals surface area (Å²) in [4.78, 5) is 11.4. The van der Waals surface area contributed by atoms with Gasteiger partial charge in [0.25, 0.3) is 0 Å². The van der Waals surface area contributed by atoms with Crippen LogP contribution in [-0.2, 0) is 9.53 Å². The average molecular weight is 257 g/mol. The smallest absolute Gasteiger partial charge is 0.334 e. The zero-order chi connectivity index (χ0) is 12.7. The number of hydrogen-bond donors (Lipinski definition) is 1. The maximum atomic E-state index is 11.4. The number of esters is 1. The molecule has 1 fully saturated rings. The van der Waals surface area contributed by atoms with Crippen molar-refractivity contribution >= 4 is 17.7 Å². The van der Waals surface area contributed by atoms with Crippen molar-refractivity contribution in [1.82, 2.24) is 5.32 Å². The van der Waals surface area contributed by atoms with Gasteiger partial charge in [-0.05, 0) is 25.5 Å². The fourth-order valence-electron chi connectivity index (χ4n) is 2.13. The lowest BCUT2D eigenvalue weighted by molar-refractivity contribution is -0.138. The van der Waals surface area contributed by atoms with Crippen LogP contribution in [0.25, 0.3) is 0 Å². The van der Waals surface area contributed by atoms with E-state index in [-0.39, 0.29) is 5.97 Å². The molecule has 2 unspecified atom stereocenters. The summed E-state index contributed by atoms with van der Waals surface area (Å²) in [6.45, 7) is 8.72. The van der Waals surface area contributed by atoms with Crippen LogP contribution < -0.4 is 5.32 Å². The lowest BCUT2D eigenvalue weighted by Gasteiger charge is -2.20. The molecular formula is C13H23NO2S. The van der Waals surface area contributed by atoms with E-state index in [0.717, 1.165) is 5.75 Å². The van der Waals surface area contributed by atoms with E-state index < -0.39 is 0 Å². The molecule has 3 nitrogen and oxygen atoms in total. The van der Waals surface area contributed by atoms with Crippen molar-refractivity contribution < 1.29 is 9.53 Å². The standard InChI is InChI=1S/C13H23NO2S/c1-4-16-13(15)10(3)9-14-11-7-6-8-12(11)17-5-2/h11-12,14H,3-9H2,1-2H3. The summed E-state index contributed by atoms with van der Waals surface area (Å²) in [6.07, 6.45) is 3.76. The van der Waals surface area contributed by atoms with Gasteiger partial charge in [0.15, 0.2) is 0 Å². The minimum absolute atomic E-state index is 0.280. The van der Waals surface area contributed by atoms with Crippen LogP contribution in [0.3, 0.4) is 0 Å². The summed E-state index contributed by atoms with van der Waals surface area (Å²) in [6, 6.07) is 0.520. The van der Waals surface area contributed by atoms with Gasteiger partial charge in [0.05, 0.1) is 6.61 Å². The second-order valence-electron chi connectivity index (χ2n) is 4.24. The molecule has 0 aromatic carbocycles. The van der Waals surface area contributed by atoms with Crippen molar-refractivity contribution in [3.63, 3.8) is 0 Å². The monoisotopic (exact) mass is 257 g/mol. The number of thioether (sulfide) groups is 1. The Morgan fingerprint density at radius 3 is 2.88 bits per heavy atom. The van der Waals surface area contributed by atoms with Gasteiger partial charge < -0.3 is 10.1 Å².